The zero-order valence-corrected chi connectivity index (χ0v) is 16.5. The first-order chi connectivity index (χ1) is 13.2. The van der Waals surface area contributed by atoms with Crippen molar-refractivity contribution < 1.29 is 18.6 Å². The van der Waals surface area contributed by atoms with Crippen LogP contribution in [-0.2, 0) is 25.1 Å². The van der Waals surface area contributed by atoms with E-state index in [1.165, 1.54) is 10.8 Å². The van der Waals surface area contributed by atoms with E-state index in [1.807, 2.05) is 0 Å². The van der Waals surface area contributed by atoms with Crippen molar-refractivity contribution in [3.8, 4) is 0 Å². The fourth-order valence-electron chi connectivity index (χ4n) is 3.11. The lowest BCUT2D eigenvalue weighted by Crippen LogP contribution is -2.45. The maximum Gasteiger partial charge on any atom is 0.330 e. The van der Waals surface area contributed by atoms with E-state index >= 15 is 0 Å². The summed E-state index contributed by atoms with van der Waals surface area (Å²) in [7, 11) is -3.75. The van der Waals surface area contributed by atoms with Crippen LogP contribution in [0.4, 0.5) is 0 Å². The second-order valence-corrected chi connectivity index (χ2v) is 8.83. The number of aliphatic hydroxyl groups excluding tert-OH is 1. The Labute approximate surface area is 166 Å². The molecule has 0 aliphatic carbocycles. The van der Waals surface area contributed by atoms with E-state index < -0.39 is 46.6 Å². The summed E-state index contributed by atoms with van der Waals surface area (Å²) >= 11 is 5.89. The first-order valence-electron chi connectivity index (χ1n) is 8.51. The van der Waals surface area contributed by atoms with Gasteiger partial charge in [-0.2, -0.15) is 0 Å². The number of aliphatic hydroxyl groups is 1. The molecule has 9 nitrogen and oxygen atoms in total. The van der Waals surface area contributed by atoms with Gasteiger partial charge in [-0.1, -0.05) is 27.9 Å². The second-order valence-electron chi connectivity index (χ2n) is 6.64. The van der Waals surface area contributed by atoms with Gasteiger partial charge < -0.3 is 14.4 Å². The van der Waals surface area contributed by atoms with Crippen LogP contribution in [0.5, 0.6) is 0 Å². The zero-order chi connectivity index (χ0) is 20.5. The number of hydrogen-bond donors (Lipinski definition) is 3. The molecular weight excluding hydrogens is 410 g/mol. The fraction of sp³-hybridized carbons (Fsp3) is 0.412. The highest BCUT2D eigenvalue weighted by Gasteiger charge is 2.40. The van der Waals surface area contributed by atoms with Gasteiger partial charge in [-0.15, -0.1) is 4.72 Å². The average molecular weight is 430 g/mol. The third kappa shape index (κ3) is 4.77. The molecule has 3 N–H and O–H groups in total. The number of benzene rings is 1. The summed E-state index contributed by atoms with van der Waals surface area (Å²) in [6, 6.07) is 5.76. The lowest BCUT2D eigenvalue weighted by molar-refractivity contribution is -0.0280. The SMILES string of the molecule is Cc1cn([C@H]2C[C@H](N[S+](=O)([O-])Cc3cccc(Cl)c3)[C@@H](CO)O2)c(=O)[nH]c1=O. The molecule has 11 heteroatoms. The summed E-state index contributed by atoms with van der Waals surface area (Å²) in [5.74, 6) is -0.287. The summed E-state index contributed by atoms with van der Waals surface area (Å²) in [5, 5.41) is 10.00. The van der Waals surface area contributed by atoms with Gasteiger partial charge in [0.25, 0.3) is 5.56 Å². The van der Waals surface area contributed by atoms with E-state index in [9.17, 15) is 23.5 Å². The van der Waals surface area contributed by atoms with Crippen LogP contribution >= 0.6 is 11.6 Å². The summed E-state index contributed by atoms with van der Waals surface area (Å²) < 4.78 is 34.4. The fourth-order valence-corrected chi connectivity index (χ4v) is 4.74. The number of aromatic nitrogens is 2. The molecule has 0 amide bonds. The smallest absolute Gasteiger partial charge is 0.330 e. The number of aryl methyl sites for hydroxylation is 1. The highest BCUT2D eigenvalue weighted by Crippen LogP contribution is 2.29. The van der Waals surface area contributed by atoms with Crippen molar-refractivity contribution in [2.75, 3.05) is 6.61 Å². The largest absolute Gasteiger partial charge is 0.597 e. The van der Waals surface area contributed by atoms with Crippen molar-refractivity contribution in [2.24, 2.45) is 0 Å². The molecule has 1 aromatic heterocycles. The normalized spacial score (nSPS) is 24.2. The summed E-state index contributed by atoms with van der Waals surface area (Å²) in [6.07, 6.45) is -0.188. The summed E-state index contributed by atoms with van der Waals surface area (Å²) in [4.78, 5) is 25.8. The topological polar surface area (TPSA) is 136 Å². The number of halogens is 1. The molecule has 3 rings (SSSR count). The Kier molecular flexibility index (Phi) is 6.18. The predicted octanol–water partition coefficient (Wildman–Crippen LogP) is 0.482. The van der Waals surface area contributed by atoms with Gasteiger partial charge in [-0.05, 0) is 19.1 Å². The lowest BCUT2D eigenvalue weighted by Gasteiger charge is -2.22. The van der Waals surface area contributed by atoms with Crippen molar-refractivity contribution in [3.63, 3.8) is 0 Å². The maximum absolute atomic E-state index is 12.5. The third-order valence-electron chi connectivity index (χ3n) is 4.45. The minimum absolute atomic E-state index is 0.116. The molecule has 1 unspecified atom stereocenters. The summed E-state index contributed by atoms with van der Waals surface area (Å²) in [6.45, 7) is 1.11. The van der Waals surface area contributed by atoms with Gasteiger partial charge >= 0.3 is 5.69 Å². The van der Waals surface area contributed by atoms with Crippen LogP contribution in [0.15, 0.2) is 40.1 Å². The Bertz CT molecular complexity index is 1020. The van der Waals surface area contributed by atoms with Crippen LogP contribution in [-0.4, -0.2) is 38.0 Å². The van der Waals surface area contributed by atoms with Crippen LogP contribution in [0.2, 0.25) is 5.02 Å². The molecule has 2 heterocycles. The van der Waals surface area contributed by atoms with Gasteiger partial charge in [-0.25, -0.2) is 4.79 Å². The minimum atomic E-state index is -3.75. The van der Waals surface area contributed by atoms with E-state index in [2.05, 4.69) is 9.71 Å². The molecule has 1 saturated heterocycles. The molecule has 1 aromatic carbocycles. The molecule has 152 valence electrons. The molecule has 4 atom stereocenters. The average Bonchev–Trinajstić information content (AvgIpc) is 2.99. The summed E-state index contributed by atoms with van der Waals surface area (Å²) in [5.41, 5.74) is -0.339. The van der Waals surface area contributed by atoms with Crippen molar-refractivity contribution in [1.29, 1.82) is 0 Å². The quantitative estimate of drug-likeness (QED) is 0.571. The Hall–Kier alpha value is -1.82. The van der Waals surface area contributed by atoms with Crippen molar-refractivity contribution in [3.05, 3.63) is 67.4 Å². The van der Waals surface area contributed by atoms with E-state index in [-0.39, 0.29) is 12.2 Å². The Morgan fingerprint density at radius 3 is 2.89 bits per heavy atom. The zero-order valence-electron chi connectivity index (χ0n) is 15.0. The molecule has 0 saturated carbocycles. The molecule has 1 aliphatic heterocycles. The van der Waals surface area contributed by atoms with Crippen molar-refractivity contribution in [2.45, 2.75) is 37.5 Å². The first-order valence-corrected chi connectivity index (χ1v) is 10.5. The molecule has 2 aromatic rings. The molecule has 28 heavy (non-hydrogen) atoms. The number of nitrogens with zero attached hydrogens (tertiary/aromatic N) is 1. The van der Waals surface area contributed by atoms with Crippen molar-refractivity contribution >= 4 is 22.0 Å². The van der Waals surface area contributed by atoms with Gasteiger partial charge in [0, 0.05) is 28.8 Å². The van der Waals surface area contributed by atoms with Gasteiger partial charge in [-0.3, -0.25) is 14.3 Å². The van der Waals surface area contributed by atoms with Gasteiger partial charge in [0.05, 0.1) is 12.6 Å². The molecule has 0 bridgehead atoms. The Balaban J connectivity index is 1.77. The predicted molar refractivity (Wildman–Crippen MR) is 103 cm³/mol. The van der Waals surface area contributed by atoms with Crippen LogP contribution in [0, 0.1) is 6.92 Å². The van der Waals surface area contributed by atoms with E-state index in [0.717, 1.165) is 0 Å². The molecule has 1 fully saturated rings. The number of H-pyrrole nitrogens is 1. The van der Waals surface area contributed by atoms with E-state index in [4.69, 9.17) is 16.3 Å². The van der Waals surface area contributed by atoms with Crippen LogP contribution in [0.25, 0.3) is 0 Å². The number of aromatic amines is 1. The molecule has 0 radical (unpaired) electrons. The van der Waals surface area contributed by atoms with Gasteiger partial charge in [0.15, 0.2) is 5.75 Å². The Morgan fingerprint density at radius 2 is 2.21 bits per heavy atom. The number of ether oxygens (including phenoxy) is 1. The number of nitrogens with one attached hydrogen (secondary N) is 2. The molecule has 0 spiro atoms. The first kappa shape index (κ1) is 20.9. The second kappa shape index (κ2) is 8.27. The monoisotopic (exact) mass is 429 g/mol. The maximum atomic E-state index is 12.5. The lowest BCUT2D eigenvalue weighted by atomic mass is 10.1. The van der Waals surface area contributed by atoms with Crippen LogP contribution in [0.3, 0.4) is 0 Å². The molecular formula is C17H20ClN3O6S. The standard InChI is InChI=1S/C17H20ClN3O6S/c1-10-7-21(17(24)19-16(10)23)15-6-13(14(8-22)27-15)20-28(25,26)9-11-3-2-4-12(18)5-11/h2-5,7,13-15,22H,6,8-9H2,1H3,(H2-,19,20,23,24,25,26)/t13-,14+,15+/m0/s1. The van der Waals surface area contributed by atoms with E-state index in [1.54, 1.807) is 31.2 Å². The minimum Gasteiger partial charge on any atom is -0.597 e. The van der Waals surface area contributed by atoms with Crippen LogP contribution in [0.1, 0.15) is 23.8 Å². The van der Waals surface area contributed by atoms with E-state index in [0.29, 0.717) is 16.1 Å². The number of rotatable bonds is 6. The van der Waals surface area contributed by atoms with Crippen LogP contribution < -0.4 is 16.0 Å². The Morgan fingerprint density at radius 1 is 1.46 bits per heavy atom. The van der Waals surface area contributed by atoms with Gasteiger partial charge in [0.2, 0.25) is 0 Å². The molecule has 1 aliphatic rings. The highest BCUT2D eigenvalue weighted by atomic mass is 35.5. The van der Waals surface area contributed by atoms with Crippen molar-refractivity contribution in [1.82, 2.24) is 14.3 Å². The highest BCUT2D eigenvalue weighted by molar-refractivity contribution is 7.95. The number of sulfonamides is 1. The number of hydrogen-bond acceptors (Lipinski definition) is 6. The van der Waals surface area contributed by atoms with Gasteiger partial charge in [0.1, 0.15) is 22.7 Å². The third-order valence-corrected chi connectivity index (χ3v) is 6.06.